The van der Waals surface area contributed by atoms with Gasteiger partial charge in [0.05, 0.1) is 5.71 Å². The molecule has 16 heavy (non-hydrogen) atoms. The Morgan fingerprint density at radius 3 is 2.81 bits per heavy atom. The van der Waals surface area contributed by atoms with Gasteiger partial charge in [0.25, 0.3) is 0 Å². The highest BCUT2D eigenvalue weighted by Gasteiger charge is 2.22. The van der Waals surface area contributed by atoms with Crippen LogP contribution in [0.1, 0.15) is 17.5 Å². The van der Waals surface area contributed by atoms with Crippen molar-refractivity contribution in [3.05, 3.63) is 47.3 Å². The van der Waals surface area contributed by atoms with E-state index in [0.717, 1.165) is 22.9 Å². The van der Waals surface area contributed by atoms with Gasteiger partial charge in [0.2, 0.25) is 0 Å². The molecule has 0 fully saturated rings. The third-order valence-electron chi connectivity index (χ3n) is 3.12. The molecule has 2 aromatic carbocycles. The zero-order chi connectivity index (χ0) is 11.1. The molecule has 2 aromatic rings. The maximum Gasteiger partial charge on any atom is 0.131 e. The Morgan fingerprint density at radius 2 is 2.00 bits per heavy atom. The van der Waals surface area contributed by atoms with Crippen LogP contribution in [0.3, 0.4) is 0 Å². The van der Waals surface area contributed by atoms with Crippen LogP contribution in [-0.4, -0.2) is 10.9 Å². The lowest BCUT2D eigenvalue weighted by Gasteiger charge is -2.06. The van der Waals surface area contributed by atoms with Crippen LogP contribution in [0.4, 0.5) is 4.39 Å². The molecule has 1 aliphatic rings. The molecule has 0 heterocycles. The summed E-state index contributed by atoms with van der Waals surface area (Å²) in [5, 5.41) is 13.6. The Labute approximate surface area is 92.0 Å². The highest BCUT2D eigenvalue weighted by Crippen LogP contribution is 2.31. The zero-order valence-electron chi connectivity index (χ0n) is 8.57. The fourth-order valence-electron chi connectivity index (χ4n) is 2.39. The predicted octanol–water partition coefficient (Wildman–Crippen LogP) is 3.10. The van der Waals surface area contributed by atoms with Gasteiger partial charge < -0.3 is 5.21 Å². The first-order valence-corrected chi connectivity index (χ1v) is 5.22. The number of benzene rings is 2. The maximum absolute atomic E-state index is 13.8. The van der Waals surface area contributed by atoms with Gasteiger partial charge in [-0.15, -0.1) is 0 Å². The molecule has 1 aliphatic carbocycles. The van der Waals surface area contributed by atoms with Crippen LogP contribution >= 0.6 is 0 Å². The fourth-order valence-corrected chi connectivity index (χ4v) is 2.39. The van der Waals surface area contributed by atoms with E-state index in [9.17, 15) is 4.39 Å². The summed E-state index contributed by atoms with van der Waals surface area (Å²) in [5.41, 5.74) is 2.43. The van der Waals surface area contributed by atoms with Crippen molar-refractivity contribution in [2.45, 2.75) is 12.8 Å². The zero-order valence-corrected chi connectivity index (χ0v) is 8.57. The summed E-state index contributed by atoms with van der Waals surface area (Å²) < 4.78 is 13.8. The van der Waals surface area contributed by atoms with Crippen molar-refractivity contribution in [1.82, 2.24) is 0 Å². The van der Waals surface area contributed by atoms with E-state index in [4.69, 9.17) is 5.21 Å². The second kappa shape index (κ2) is 3.30. The largest absolute Gasteiger partial charge is 0.411 e. The van der Waals surface area contributed by atoms with Crippen LogP contribution < -0.4 is 0 Å². The van der Waals surface area contributed by atoms with Crippen molar-refractivity contribution >= 4 is 16.5 Å². The van der Waals surface area contributed by atoms with Gasteiger partial charge in [-0.1, -0.05) is 29.4 Å². The summed E-state index contributed by atoms with van der Waals surface area (Å²) in [6, 6.07) is 8.89. The molecule has 0 saturated carbocycles. The molecule has 0 bridgehead atoms. The number of fused-ring (bicyclic) bond motifs is 3. The Hall–Kier alpha value is -1.90. The monoisotopic (exact) mass is 215 g/mol. The standard InChI is InChI=1S/C13H10FNO/c14-10-3-1-2-8-4-5-9-6-7-11(15-16)13(9)12(8)10/h1-5,16H,6-7H2. The highest BCUT2D eigenvalue weighted by atomic mass is 19.1. The van der Waals surface area contributed by atoms with Crippen molar-refractivity contribution in [2.75, 3.05) is 0 Å². The summed E-state index contributed by atoms with van der Waals surface area (Å²) in [7, 11) is 0. The third-order valence-corrected chi connectivity index (χ3v) is 3.12. The van der Waals surface area contributed by atoms with E-state index in [-0.39, 0.29) is 5.82 Å². The number of aryl methyl sites for hydroxylation is 1. The predicted molar refractivity (Wildman–Crippen MR) is 60.6 cm³/mol. The minimum atomic E-state index is -0.252. The lowest BCUT2D eigenvalue weighted by Crippen LogP contribution is -1.97. The molecular formula is C13H10FNO. The SMILES string of the molecule is ON=C1CCc2ccc3cccc(F)c3c21. The Kier molecular flexibility index (Phi) is 1.93. The molecule has 3 heteroatoms. The van der Waals surface area contributed by atoms with Gasteiger partial charge in [0, 0.05) is 10.9 Å². The van der Waals surface area contributed by atoms with Crippen molar-refractivity contribution in [2.24, 2.45) is 5.16 Å². The van der Waals surface area contributed by atoms with E-state index in [1.165, 1.54) is 6.07 Å². The minimum absolute atomic E-state index is 0.252. The molecule has 0 aromatic heterocycles. The lowest BCUT2D eigenvalue weighted by molar-refractivity contribution is 0.318. The second-order valence-electron chi connectivity index (χ2n) is 3.98. The van der Waals surface area contributed by atoms with Gasteiger partial charge in [-0.05, 0) is 29.9 Å². The van der Waals surface area contributed by atoms with Gasteiger partial charge in [-0.25, -0.2) is 4.39 Å². The number of rotatable bonds is 0. The van der Waals surface area contributed by atoms with Crippen LogP contribution in [0.15, 0.2) is 35.5 Å². The van der Waals surface area contributed by atoms with E-state index < -0.39 is 0 Å². The normalized spacial score (nSPS) is 16.9. The molecule has 0 unspecified atom stereocenters. The van der Waals surface area contributed by atoms with E-state index in [0.29, 0.717) is 17.5 Å². The van der Waals surface area contributed by atoms with Gasteiger partial charge in [-0.2, -0.15) is 0 Å². The van der Waals surface area contributed by atoms with E-state index >= 15 is 0 Å². The number of hydrogen-bond donors (Lipinski definition) is 1. The summed E-state index contributed by atoms with van der Waals surface area (Å²) in [5.74, 6) is -0.252. The highest BCUT2D eigenvalue weighted by molar-refractivity contribution is 6.14. The molecule has 0 atom stereocenters. The first-order valence-electron chi connectivity index (χ1n) is 5.22. The average Bonchev–Trinajstić information content (AvgIpc) is 2.72. The van der Waals surface area contributed by atoms with Crippen molar-refractivity contribution in [1.29, 1.82) is 0 Å². The molecule has 0 spiro atoms. The van der Waals surface area contributed by atoms with Gasteiger partial charge in [0.15, 0.2) is 0 Å². The van der Waals surface area contributed by atoms with Crippen LogP contribution in [0, 0.1) is 5.82 Å². The molecule has 80 valence electrons. The molecule has 0 aliphatic heterocycles. The smallest absolute Gasteiger partial charge is 0.131 e. The van der Waals surface area contributed by atoms with Gasteiger partial charge in [0.1, 0.15) is 5.82 Å². The van der Waals surface area contributed by atoms with E-state index in [1.807, 2.05) is 18.2 Å². The van der Waals surface area contributed by atoms with Crippen LogP contribution in [0.5, 0.6) is 0 Å². The summed E-state index contributed by atoms with van der Waals surface area (Å²) in [6.07, 6.45) is 1.50. The van der Waals surface area contributed by atoms with Crippen LogP contribution in [-0.2, 0) is 6.42 Å². The van der Waals surface area contributed by atoms with Crippen LogP contribution in [0.25, 0.3) is 10.8 Å². The fraction of sp³-hybridized carbons (Fsp3) is 0.154. The molecule has 0 amide bonds. The lowest BCUT2D eigenvalue weighted by atomic mass is 10.00. The number of nitrogens with zero attached hydrogens (tertiary/aromatic N) is 1. The number of oxime groups is 1. The molecular weight excluding hydrogens is 205 g/mol. The maximum atomic E-state index is 13.8. The Bertz CT molecular complexity index is 604. The number of hydrogen-bond acceptors (Lipinski definition) is 2. The quantitative estimate of drug-likeness (QED) is 0.531. The van der Waals surface area contributed by atoms with Crippen molar-refractivity contribution in [3.63, 3.8) is 0 Å². The molecule has 0 radical (unpaired) electrons. The molecule has 3 rings (SSSR count). The van der Waals surface area contributed by atoms with E-state index in [1.54, 1.807) is 6.07 Å². The van der Waals surface area contributed by atoms with E-state index in [2.05, 4.69) is 5.16 Å². The first kappa shape index (κ1) is 9.33. The van der Waals surface area contributed by atoms with Crippen molar-refractivity contribution < 1.29 is 9.60 Å². The summed E-state index contributed by atoms with van der Waals surface area (Å²) in [6.45, 7) is 0. The Balaban J connectivity index is 2.48. The first-order chi connectivity index (χ1) is 7.81. The summed E-state index contributed by atoms with van der Waals surface area (Å²) in [4.78, 5) is 0. The minimum Gasteiger partial charge on any atom is -0.411 e. The van der Waals surface area contributed by atoms with Gasteiger partial charge >= 0.3 is 0 Å². The molecule has 0 saturated heterocycles. The Morgan fingerprint density at radius 1 is 1.12 bits per heavy atom. The average molecular weight is 215 g/mol. The number of halogens is 1. The molecule has 1 N–H and O–H groups in total. The molecule has 2 nitrogen and oxygen atoms in total. The van der Waals surface area contributed by atoms with Gasteiger partial charge in [-0.3, -0.25) is 0 Å². The van der Waals surface area contributed by atoms with Crippen LogP contribution in [0.2, 0.25) is 0 Å². The topological polar surface area (TPSA) is 32.6 Å². The second-order valence-corrected chi connectivity index (χ2v) is 3.98. The summed E-state index contributed by atoms with van der Waals surface area (Å²) >= 11 is 0. The van der Waals surface area contributed by atoms with Crippen molar-refractivity contribution in [3.8, 4) is 0 Å². The third kappa shape index (κ3) is 1.14.